The second-order valence-corrected chi connectivity index (χ2v) is 4.31. The normalized spacial score (nSPS) is 26.7. The number of pyridine rings is 1. The molecule has 0 radical (unpaired) electrons. The maximum Gasteiger partial charge on any atom is 0.125 e. The number of nitrogens with one attached hydrogen (secondary N) is 1. The Labute approximate surface area is 90.5 Å². The average molecular weight is 206 g/mol. The van der Waals surface area contributed by atoms with Crippen LogP contribution in [0, 0.1) is 0 Å². The Morgan fingerprint density at radius 1 is 1.40 bits per heavy atom. The van der Waals surface area contributed by atoms with Crippen LogP contribution in [-0.2, 0) is 0 Å². The fraction of sp³-hybridized carbons (Fsp3) is 0.545. The zero-order chi connectivity index (χ0) is 10.8. The molecule has 0 bridgehead atoms. The number of nitrogen functional groups attached to an aromatic ring is 1. The fourth-order valence-electron chi connectivity index (χ4n) is 2.17. The fourth-order valence-corrected chi connectivity index (χ4v) is 2.17. The van der Waals surface area contributed by atoms with Gasteiger partial charge in [-0.2, -0.15) is 0 Å². The molecule has 82 valence electrons. The molecule has 1 aliphatic heterocycles. The van der Waals surface area contributed by atoms with Crippen molar-refractivity contribution in [3.63, 3.8) is 0 Å². The first-order chi connectivity index (χ1) is 7.15. The first-order valence-electron chi connectivity index (χ1n) is 5.37. The molecular formula is C11H18N4. The minimum atomic E-state index is 0.517. The molecule has 2 atom stereocenters. The summed E-state index contributed by atoms with van der Waals surface area (Å²) >= 11 is 0. The lowest BCUT2D eigenvalue weighted by Crippen LogP contribution is -2.54. The van der Waals surface area contributed by atoms with E-state index in [0.717, 1.165) is 13.1 Å². The van der Waals surface area contributed by atoms with Crippen molar-refractivity contribution in [1.82, 2.24) is 10.3 Å². The summed E-state index contributed by atoms with van der Waals surface area (Å²) in [6, 6.07) is 4.98. The largest absolute Gasteiger partial charge is 0.384 e. The van der Waals surface area contributed by atoms with Gasteiger partial charge in [0, 0.05) is 43.1 Å². The summed E-state index contributed by atoms with van der Waals surface area (Å²) in [5.74, 6) is 0.589. The van der Waals surface area contributed by atoms with Gasteiger partial charge in [0.2, 0.25) is 0 Å². The summed E-state index contributed by atoms with van der Waals surface area (Å²) in [4.78, 5) is 6.36. The highest BCUT2D eigenvalue weighted by Crippen LogP contribution is 2.18. The van der Waals surface area contributed by atoms with Crippen LogP contribution in [0.5, 0.6) is 0 Å². The van der Waals surface area contributed by atoms with Crippen LogP contribution in [0.4, 0.5) is 11.5 Å². The molecule has 3 N–H and O–H groups in total. The summed E-state index contributed by atoms with van der Waals surface area (Å²) < 4.78 is 0. The first-order valence-corrected chi connectivity index (χ1v) is 5.37. The Morgan fingerprint density at radius 3 is 2.67 bits per heavy atom. The van der Waals surface area contributed by atoms with Gasteiger partial charge in [0.25, 0.3) is 0 Å². The van der Waals surface area contributed by atoms with Crippen LogP contribution in [-0.4, -0.2) is 30.2 Å². The molecule has 0 amide bonds. The maximum absolute atomic E-state index is 5.68. The van der Waals surface area contributed by atoms with Crippen LogP contribution in [0.15, 0.2) is 18.3 Å². The second-order valence-electron chi connectivity index (χ2n) is 4.31. The van der Waals surface area contributed by atoms with Crippen molar-refractivity contribution < 1.29 is 0 Å². The topological polar surface area (TPSA) is 54.2 Å². The zero-order valence-corrected chi connectivity index (χ0v) is 9.27. The molecule has 1 saturated heterocycles. The van der Waals surface area contributed by atoms with Gasteiger partial charge in [-0.3, -0.25) is 0 Å². The van der Waals surface area contributed by atoms with E-state index in [-0.39, 0.29) is 0 Å². The van der Waals surface area contributed by atoms with Gasteiger partial charge in [-0.1, -0.05) is 0 Å². The number of rotatable bonds is 1. The van der Waals surface area contributed by atoms with E-state index in [1.54, 1.807) is 6.20 Å². The molecule has 4 heteroatoms. The summed E-state index contributed by atoms with van der Waals surface area (Å²) in [6.07, 6.45) is 1.77. The van der Waals surface area contributed by atoms with E-state index in [2.05, 4.69) is 29.0 Å². The van der Waals surface area contributed by atoms with Crippen LogP contribution < -0.4 is 16.0 Å². The van der Waals surface area contributed by atoms with E-state index < -0.39 is 0 Å². The van der Waals surface area contributed by atoms with Crippen LogP contribution in [0.25, 0.3) is 0 Å². The molecule has 4 nitrogen and oxygen atoms in total. The maximum atomic E-state index is 5.68. The van der Waals surface area contributed by atoms with Gasteiger partial charge in [-0.15, -0.1) is 0 Å². The standard InChI is InChI=1S/C11H18N4/c1-8-6-15(7-9(2)14-8)10-3-4-13-11(12)5-10/h3-5,8-9,14H,6-7H2,1-2H3,(H2,12,13)/t8-,9+. The van der Waals surface area contributed by atoms with Gasteiger partial charge in [-0.25, -0.2) is 4.98 Å². The minimum absolute atomic E-state index is 0.517. The molecule has 1 fully saturated rings. The molecule has 1 aromatic heterocycles. The quantitative estimate of drug-likeness (QED) is 0.715. The molecule has 0 saturated carbocycles. The lowest BCUT2D eigenvalue weighted by Gasteiger charge is -2.37. The summed E-state index contributed by atoms with van der Waals surface area (Å²) in [7, 11) is 0. The van der Waals surface area contributed by atoms with Crippen LogP contribution in [0.2, 0.25) is 0 Å². The molecule has 0 unspecified atom stereocenters. The van der Waals surface area contributed by atoms with Gasteiger partial charge < -0.3 is 16.0 Å². The lowest BCUT2D eigenvalue weighted by molar-refractivity contribution is 0.407. The van der Waals surface area contributed by atoms with Crippen molar-refractivity contribution in [2.24, 2.45) is 0 Å². The van der Waals surface area contributed by atoms with Gasteiger partial charge in [-0.05, 0) is 19.9 Å². The highest BCUT2D eigenvalue weighted by atomic mass is 15.2. The molecular weight excluding hydrogens is 188 g/mol. The number of piperazine rings is 1. The van der Waals surface area contributed by atoms with Crippen LogP contribution >= 0.6 is 0 Å². The summed E-state index contributed by atoms with van der Waals surface area (Å²) in [5, 5.41) is 3.50. The minimum Gasteiger partial charge on any atom is -0.384 e. The molecule has 0 aromatic carbocycles. The molecule has 0 aliphatic carbocycles. The molecule has 2 heterocycles. The third-order valence-electron chi connectivity index (χ3n) is 2.69. The predicted molar refractivity (Wildman–Crippen MR) is 62.9 cm³/mol. The summed E-state index contributed by atoms with van der Waals surface area (Å²) in [6.45, 7) is 6.45. The van der Waals surface area contributed by atoms with E-state index in [9.17, 15) is 0 Å². The second kappa shape index (κ2) is 4.06. The Kier molecular flexibility index (Phi) is 2.77. The van der Waals surface area contributed by atoms with Gasteiger partial charge in [0.1, 0.15) is 5.82 Å². The molecule has 1 aliphatic rings. The van der Waals surface area contributed by atoms with Crippen LogP contribution in [0.1, 0.15) is 13.8 Å². The van der Waals surface area contributed by atoms with E-state index in [1.807, 2.05) is 12.1 Å². The predicted octanol–water partition coefficient (Wildman–Crippen LogP) is 0.850. The van der Waals surface area contributed by atoms with Gasteiger partial charge in [0.15, 0.2) is 0 Å². The number of nitrogens with zero attached hydrogens (tertiary/aromatic N) is 2. The van der Waals surface area contributed by atoms with Crippen LogP contribution in [0.3, 0.4) is 0 Å². The van der Waals surface area contributed by atoms with E-state index in [4.69, 9.17) is 5.73 Å². The first kappa shape index (κ1) is 10.2. The van der Waals surface area contributed by atoms with Crippen molar-refractivity contribution in [2.45, 2.75) is 25.9 Å². The number of nitrogens with two attached hydrogens (primary N) is 1. The Morgan fingerprint density at radius 2 is 2.07 bits per heavy atom. The Balaban J connectivity index is 2.16. The number of hydrogen-bond acceptors (Lipinski definition) is 4. The molecule has 1 aromatic rings. The average Bonchev–Trinajstić information content (AvgIpc) is 2.16. The third-order valence-corrected chi connectivity index (χ3v) is 2.69. The SMILES string of the molecule is C[C@@H]1CN(c2ccnc(N)c2)C[C@H](C)N1. The van der Waals surface area contributed by atoms with Crippen molar-refractivity contribution in [1.29, 1.82) is 0 Å². The van der Waals surface area contributed by atoms with Gasteiger partial charge in [0.05, 0.1) is 0 Å². The monoisotopic (exact) mass is 206 g/mol. The molecule has 2 rings (SSSR count). The van der Waals surface area contributed by atoms with Crippen molar-refractivity contribution >= 4 is 11.5 Å². The van der Waals surface area contributed by atoms with Gasteiger partial charge >= 0.3 is 0 Å². The Hall–Kier alpha value is -1.29. The molecule has 0 spiro atoms. The Bertz CT molecular complexity index is 329. The summed E-state index contributed by atoms with van der Waals surface area (Å²) in [5.41, 5.74) is 6.85. The lowest BCUT2D eigenvalue weighted by atomic mass is 10.1. The van der Waals surface area contributed by atoms with Crippen molar-refractivity contribution in [2.75, 3.05) is 23.7 Å². The highest BCUT2D eigenvalue weighted by molar-refractivity contribution is 5.52. The van der Waals surface area contributed by atoms with Crippen molar-refractivity contribution in [3.05, 3.63) is 18.3 Å². The zero-order valence-electron chi connectivity index (χ0n) is 9.27. The van der Waals surface area contributed by atoms with Crippen molar-refractivity contribution in [3.8, 4) is 0 Å². The molecule has 15 heavy (non-hydrogen) atoms. The number of hydrogen-bond donors (Lipinski definition) is 2. The number of anilines is 2. The highest BCUT2D eigenvalue weighted by Gasteiger charge is 2.20. The van der Waals surface area contributed by atoms with E-state index >= 15 is 0 Å². The smallest absolute Gasteiger partial charge is 0.125 e. The third kappa shape index (κ3) is 2.39. The number of aromatic nitrogens is 1. The van der Waals surface area contributed by atoms with E-state index in [0.29, 0.717) is 17.9 Å². The van der Waals surface area contributed by atoms with E-state index in [1.165, 1.54) is 5.69 Å².